The molecule has 1 heterocycles. The number of hydrogen-bond donors (Lipinski definition) is 4. The number of carbonyl (C=O) groups is 1. The quantitative estimate of drug-likeness (QED) is 0.181. The van der Waals surface area contributed by atoms with E-state index in [1.54, 1.807) is 0 Å². The van der Waals surface area contributed by atoms with Gasteiger partial charge in [-0.15, -0.1) is 0 Å². The van der Waals surface area contributed by atoms with Gasteiger partial charge in [0, 0.05) is 53.6 Å². The normalized spacial score (nSPS) is 40.7. The fourth-order valence-corrected chi connectivity index (χ4v) is 12.3. The van der Waals surface area contributed by atoms with Crippen LogP contribution in [0.2, 0.25) is 0 Å². The van der Waals surface area contributed by atoms with Crippen LogP contribution < -0.4 is 0 Å². The molecule has 9 rings (SSSR count). The number of fused-ring (bicyclic) bond motifs is 1. The van der Waals surface area contributed by atoms with Crippen molar-refractivity contribution in [3.05, 3.63) is 84.0 Å². The number of carbonyl (C=O) groups excluding carboxylic acids is 1. The van der Waals surface area contributed by atoms with Gasteiger partial charge in [0.25, 0.3) is 0 Å². The van der Waals surface area contributed by atoms with Crippen LogP contribution in [0.15, 0.2) is 78.4 Å². The monoisotopic (exact) mass is 681 g/mol. The molecule has 6 aliphatic carbocycles. The second-order valence-electron chi connectivity index (χ2n) is 17.2. The first-order chi connectivity index (χ1) is 24.0. The number of allylic oxidation sites excluding steroid dienone is 4. The molecule has 4 N–H and O–H groups in total. The predicted octanol–water partition coefficient (Wildman–Crippen LogP) is 5.96. The van der Waals surface area contributed by atoms with Gasteiger partial charge < -0.3 is 25.2 Å². The maximum atomic E-state index is 15.4. The van der Waals surface area contributed by atoms with Crippen LogP contribution in [0.25, 0.3) is 11.1 Å². The lowest BCUT2D eigenvalue weighted by molar-refractivity contribution is -0.177. The molecule has 50 heavy (non-hydrogen) atoms. The lowest BCUT2D eigenvalue weighted by atomic mass is 9.32. The second kappa shape index (κ2) is 12.5. The topological polar surface area (TPSA) is 110 Å². The number of Topliss-reactive ketones (excluding diaryl/α,β-unsaturated/α-hetero) is 1. The van der Waals surface area contributed by atoms with E-state index >= 15 is 4.79 Å². The minimum atomic E-state index is -1.05. The Bertz CT molecular complexity index is 1670. The van der Waals surface area contributed by atoms with Crippen molar-refractivity contribution in [3.63, 3.8) is 0 Å². The average Bonchev–Trinajstić information content (AvgIpc) is 3.73. The summed E-state index contributed by atoms with van der Waals surface area (Å²) in [5.74, 6) is 0.300. The van der Waals surface area contributed by atoms with E-state index in [-0.39, 0.29) is 42.3 Å². The molecule has 7 aliphatic rings. The van der Waals surface area contributed by atoms with E-state index in [1.165, 1.54) is 0 Å². The average molecular weight is 682 g/mol. The maximum Gasteiger partial charge on any atom is 0.190 e. The standard InChI is InChI=1S/C43H55NO6/c1-39-17-14-30(46)23-41(39)20-21-43(35(24-41)38(48)34-13-7-6-12-33(34)29-9-4-3-5-10-29)36(39)15-18-40(2)37(43)16-19-42(40,49)28-44(25-31(47)27-45)26-32-11-8-22-50-32/h3-7,9-10,12-13,20-21,24,30-32,36-37,45-47,49H,8,11,14-19,22-23,25-28H2,1-2H3/t30?,31-,32+,36+,37+,39+,40-,41-,42+,43+/m0/s1. The van der Waals surface area contributed by atoms with Gasteiger partial charge in [-0.2, -0.15) is 0 Å². The number of benzene rings is 2. The van der Waals surface area contributed by atoms with Crippen LogP contribution >= 0.6 is 0 Å². The van der Waals surface area contributed by atoms with Gasteiger partial charge in [0.05, 0.1) is 30.5 Å². The Labute approximate surface area is 297 Å². The summed E-state index contributed by atoms with van der Waals surface area (Å²) in [5.41, 5.74) is 0.891. The van der Waals surface area contributed by atoms with E-state index in [4.69, 9.17) is 4.74 Å². The number of aliphatic hydroxyl groups is 4. The number of ether oxygens (including phenoxy) is 1. The van der Waals surface area contributed by atoms with E-state index in [2.05, 4.69) is 49.1 Å². The van der Waals surface area contributed by atoms with Gasteiger partial charge >= 0.3 is 0 Å². The first kappa shape index (κ1) is 34.4. The highest BCUT2D eigenvalue weighted by molar-refractivity contribution is 6.14. The van der Waals surface area contributed by atoms with Crippen LogP contribution in [0.4, 0.5) is 0 Å². The van der Waals surface area contributed by atoms with Crippen LogP contribution in [-0.2, 0) is 4.74 Å². The van der Waals surface area contributed by atoms with Gasteiger partial charge in [-0.3, -0.25) is 9.69 Å². The summed E-state index contributed by atoms with van der Waals surface area (Å²) in [5, 5.41) is 44.4. The van der Waals surface area contributed by atoms with Crippen molar-refractivity contribution >= 4 is 5.78 Å². The molecule has 2 aromatic carbocycles. The molecule has 2 aromatic rings. The molecule has 4 fully saturated rings. The van der Waals surface area contributed by atoms with E-state index in [0.29, 0.717) is 31.5 Å². The third-order valence-electron chi connectivity index (χ3n) is 14.9. The summed E-state index contributed by atoms with van der Waals surface area (Å²) < 4.78 is 5.99. The highest BCUT2D eigenvalue weighted by atomic mass is 16.5. The molecular weight excluding hydrogens is 626 g/mol. The van der Waals surface area contributed by atoms with Gasteiger partial charge in [0.1, 0.15) is 0 Å². The lowest BCUT2D eigenvalue weighted by Crippen LogP contribution is -2.67. The Morgan fingerprint density at radius 1 is 0.940 bits per heavy atom. The minimum Gasteiger partial charge on any atom is -0.394 e. The minimum absolute atomic E-state index is 0.0309. The van der Waals surface area contributed by atoms with Gasteiger partial charge in [0.15, 0.2) is 5.78 Å². The molecule has 3 saturated carbocycles. The lowest BCUT2D eigenvalue weighted by Gasteiger charge is -2.71. The fourth-order valence-electron chi connectivity index (χ4n) is 12.3. The zero-order chi connectivity index (χ0) is 34.9. The van der Waals surface area contributed by atoms with Crippen molar-refractivity contribution in [3.8, 4) is 11.1 Å². The molecule has 2 bridgehead atoms. The summed E-state index contributed by atoms with van der Waals surface area (Å²) in [4.78, 5) is 17.5. The Balaban J connectivity index is 1.22. The Morgan fingerprint density at radius 2 is 1.66 bits per heavy atom. The fraction of sp³-hybridized carbons (Fsp3) is 0.605. The van der Waals surface area contributed by atoms with Crippen LogP contribution in [0.5, 0.6) is 0 Å². The first-order valence-electron chi connectivity index (χ1n) is 19.1. The number of rotatable bonds is 10. The van der Waals surface area contributed by atoms with Crippen LogP contribution in [0, 0.1) is 33.5 Å². The maximum absolute atomic E-state index is 15.4. The van der Waals surface area contributed by atoms with E-state index in [1.807, 2.05) is 42.5 Å². The van der Waals surface area contributed by atoms with Crippen molar-refractivity contribution in [2.75, 3.05) is 32.8 Å². The molecule has 2 spiro atoms. The molecule has 7 nitrogen and oxygen atoms in total. The highest BCUT2D eigenvalue weighted by Gasteiger charge is 2.74. The Kier molecular flexibility index (Phi) is 8.60. The first-order valence-corrected chi connectivity index (χ1v) is 19.1. The van der Waals surface area contributed by atoms with Gasteiger partial charge in [-0.1, -0.05) is 86.7 Å². The summed E-state index contributed by atoms with van der Waals surface area (Å²) in [6.07, 6.45) is 13.2. The van der Waals surface area contributed by atoms with E-state index in [9.17, 15) is 20.4 Å². The molecule has 1 saturated heterocycles. The smallest absolute Gasteiger partial charge is 0.190 e. The van der Waals surface area contributed by atoms with Gasteiger partial charge in [-0.05, 0) is 86.2 Å². The van der Waals surface area contributed by atoms with Crippen LogP contribution in [-0.4, -0.2) is 87.9 Å². The van der Waals surface area contributed by atoms with Crippen molar-refractivity contribution < 1.29 is 30.0 Å². The number of aliphatic hydroxyl groups excluding tert-OH is 3. The molecule has 0 aromatic heterocycles. The van der Waals surface area contributed by atoms with Gasteiger partial charge in [-0.25, -0.2) is 0 Å². The Hall–Kier alpha value is -2.65. The van der Waals surface area contributed by atoms with E-state index in [0.717, 1.165) is 68.3 Å². The molecule has 1 unspecified atom stereocenters. The third-order valence-corrected chi connectivity index (χ3v) is 14.9. The van der Waals surface area contributed by atoms with Crippen molar-refractivity contribution in [2.45, 2.75) is 95.5 Å². The van der Waals surface area contributed by atoms with E-state index < -0.39 is 34.1 Å². The predicted molar refractivity (Wildman–Crippen MR) is 193 cm³/mol. The van der Waals surface area contributed by atoms with Gasteiger partial charge in [0.2, 0.25) is 0 Å². The number of nitrogens with zero attached hydrogens (tertiary/aromatic N) is 1. The van der Waals surface area contributed by atoms with Crippen LogP contribution in [0.1, 0.15) is 82.0 Å². The Morgan fingerprint density at radius 3 is 2.42 bits per heavy atom. The molecule has 0 amide bonds. The summed E-state index contributed by atoms with van der Waals surface area (Å²) in [6, 6.07) is 18.1. The SMILES string of the molecule is C[C@]12CC[C@H]3[C@]4(C=C[C@@]5(C=C4C(=O)c4ccccc4-c4ccccc4)CC(O)CC[C@]35C)[C@@H]1CC[C@@]2(O)CN(C[C@H](O)CO)C[C@H]1CCCO1. The summed E-state index contributed by atoms with van der Waals surface area (Å²) in [7, 11) is 0. The summed E-state index contributed by atoms with van der Waals surface area (Å²) >= 11 is 0. The van der Waals surface area contributed by atoms with Crippen molar-refractivity contribution in [2.24, 2.45) is 33.5 Å². The van der Waals surface area contributed by atoms with Crippen LogP contribution in [0.3, 0.4) is 0 Å². The number of ketones is 1. The largest absolute Gasteiger partial charge is 0.394 e. The zero-order valence-electron chi connectivity index (χ0n) is 29.8. The molecule has 0 radical (unpaired) electrons. The molecular formula is C43H55NO6. The molecule has 7 heteroatoms. The second-order valence-corrected chi connectivity index (χ2v) is 17.2. The molecule has 10 atom stereocenters. The summed E-state index contributed by atoms with van der Waals surface area (Å²) in [6.45, 7) is 6.35. The highest BCUT2D eigenvalue weighted by Crippen LogP contribution is 2.78. The van der Waals surface area contributed by atoms with Crippen molar-refractivity contribution in [1.82, 2.24) is 4.90 Å². The molecule has 268 valence electrons. The molecule has 1 aliphatic heterocycles. The van der Waals surface area contributed by atoms with Crippen molar-refractivity contribution in [1.29, 1.82) is 0 Å². The number of hydrogen-bond acceptors (Lipinski definition) is 7. The third kappa shape index (κ3) is 5.02. The zero-order valence-corrected chi connectivity index (χ0v) is 29.8.